The van der Waals surface area contributed by atoms with Gasteiger partial charge in [-0.15, -0.1) is 0 Å². The smallest absolute Gasteiger partial charge is 0.251 e. The molecule has 54 valence electrons. The molecule has 0 aliphatic carbocycles. The summed E-state index contributed by atoms with van der Waals surface area (Å²) in [6.07, 6.45) is 0.954. The number of halogens is 3. The molecule has 0 radical (unpaired) electrons. The number of hydrogen-bond donors (Lipinski definition) is 1. The molecular weight excluding hydrogens is 162 g/mol. The van der Waals surface area contributed by atoms with Gasteiger partial charge in [0.25, 0.3) is 5.95 Å². The van der Waals surface area contributed by atoms with Gasteiger partial charge in [0.2, 0.25) is 5.82 Å². The van der Waals surface area contributed by atoms with Crippen LogP contribution in [0.2, 0.25) is 5.02 Å². The lowest BCUT2D eigenvalue weighted by Gasteiger charge is -1.97. The van der Waals surface area contributed by atoms with E-state index in [0.717, 1.165) is 6.20 Å². The Hall–Kier alpha value is -0.900. The number of aromatic nitrogens is 1. The summed E-state index contributed by atoms with van der Waals surface area (Å²) in [5.41, 5.74) is 4.59. The molecule has 2 N–H and O–H groups in total. The van der Waals surface area contributed by atoms with E-state index in [-0.39, 0.29) is 5.02 Å². The highest BCUT2D eigenvalue weighted by Gasteiger charge is 2.09. The van der Waals surface area contributed by atoms with Crippen LogP contribution in [-0.2, 0) is 0 Å². The molecular formula is C5H3ClF2N2. The van der Waals surface area contributed by atoms with Gasteiger partial charge in [-0.25, -0.2) is 4.98 Å². The number of hydrogen-bond acceptors (Lipinski definition) is 2. The largest absolute Gasteiger partial charge is 0.395 e. The van der Waals surface area contributed by atoms with Crippen LogP contribution in [0.1, 0.15) is 0 Å². The van der Waals surface area contributed by atoms with Crippen molar-refractivity contribution in [1.82, 2.24) is 4.98 Å². The molecule has 10 heavy (non-hydrogen) atoms. The van der Waals surface area contributed by atoms with Crippen LogP contribution in [0.25, 0.3) is 0 Å². The molecule has 0 aliphatic rings. The van der Waals surface area contributed by atoms with E-state index in [2.05, 4.69) is 4.98 Å². The monoisotopic (exact) mass is 164 g/mol. The topological polar surface area (TPSA) is 38.9 Å². The number of anilines is 1. The maximum Gasteiger partial charge on any atom is 0.251 e. The summed E-state index contributed by atoms with van der Waals surface area (Å²) < 4.78 is 24.5. The molecule has 0 saturated heterocycles. The van der Waals surface area contributed by atoms with Gasteiger partial charge in [0, 0.05) is 0 Å². The van der Waals surface area contributed by atoms with Gasteiger partial charge >= 0.3 is 0 Å². The van der Waals surface area contributed by atoms with Crippen LogP contribution in [0.15, 0.2) is 6.20 Å². The minimum absolute atomic E-state index is 0.0844. The van der Waals surface area contributed by atoms with Crippen LogP contribution in [0.3, 0.4) is 0 Å². The molecule has 0 unspecified atom stereocenters. The van der Waals surface area contributed by atoms with Crippen molar-refractivity contribution in [2.75, 3.05) is 5.73 Å². The van der Waals surface area contributed by atoms with E-state index in [1.54, 1.807) is 0 Å². The van der Waals surface area contributed by atoms with Crippen LogP contribution in [-0.4, -0.2) is 4.98 Å². The molecule has 1 rings (SSSR count). The number of pyridine rings is 1. The fraction of sp³-hybridized carbons (Fsp3) is 0. The minimum atomic E-state index is -1.23. The molecule has 0 aromatic carbocycles. The quantitative estimate of drug-likeness (QED) is 0.592. The molecule has 5 heteroatoms. The Morgan fingerprint density at radius 2 is 2.10 bits per heavy atom. The lowest BCUT2D eigenvalue weighted by Crippen LogP contribution is -1.97. The zero-order valence-corrected chi connectivity index (χ0v) is 5.49. The van der Waals surface area contributed by atoms with Crippen LogP contribution >= 0.6 is 11.6 Å². The molecule has 0 aliphatic heterocycles. The third kappa shape index (κ3) is 1.02. The third-order valence-corrected chi connectivity index (χ3v) is 1.27. The van der Waals surface area contributed by atoms with Crippen LogP contribution < -0.4 is 5.73 Å². The van der Waals surface area contributed by atoms with E-state index < -0.39 is 17.5 Å². The lowest BCUT2D eigenvalue weighted by atomic mass is 10.4. The van der Waals surface area contributed by atoms with Crippen molar-refractivity contribution in [3.63, 3.8) is 0 Å². The summed E-state index contributed by atoms with van der Waals surface area (Å²) in [6.45, 7) is 0. The Morgan fingerprint density at radius 1 is 1.50 bits per heavy atom. The first kappa shape index (κ1) is 7.21. The summed E-state index contributed by atoms with van der Waals surface area (Å²) in [5.74, 6) is -2.44. The molecule has 0 atom stereocenters. The zero-order valence-electron chi connectivity index (χ0n) is 4.74. The van der Waals surface area contributed by atoms with Crippen LogP contribution in [0.5, 0.6) is 0 Å². The second-order valence-electron chi connectivity index (χ2n) is 1.62. The summed E-state index contributed by atoms with van der Waals surface area (Å²) in [7, 11) is 0. The predicted molar refractivity (Wildman–Crippen MR) is 33.6 cm³/mol. The highest BCUT2D eigenvalue weighted by atomic mass is 35.5. The normalized spacial score (nSPS) is 9.90. The molecule has 0 amide bonds. The molecule has 0 bridgehead atoms. The molecule has 0 spiro atoms. The molecule has 0 fully saturated rings. The van der Waals surface area contributed by atoms with Crippen molar-refractivity contribution < 1.29 is 8.78 Å². The van der Waals surface area contributed by atoms with E-state index >= 15 is 0 Å². The second kappa shape index (κ2) is 2.38. The first-order valence-corrected chi connectivity index (χ1v) is 2.75. The Morgan fingerprint density at radius 3 is 2.60 bits per heavy atom. The van der Waals surface area contributed by atoms with E-state index in [1.165, 1.54) is 0 Å². The fourth-order valence-electron chi connectivity index (χ4n) is 0.456. The SMILES string of the molecule is Nc1c(Cl)cnc(F)c1F. The number of nitrogens with zero attached hydrogens (tertiary/aromatic N) is 1. The highest BCUT2D eigenvalue weighted by molar-refractivity contribution is 6.32. The fourth-order valence-corrected chi connectivity index (χ4v) is 0.587. The Labute approximate surface area is 60.6 Å². The van der Waals surface area contributed by atoms with Gasteiger partial charge in [-0.2, -0.15) is 8.78 Å². The molecule has 0 saturated carbocycles. The van der Waals surface area contributed by atoms with Gasteiger partial charge in [0.05, 0.1) is 16.9 Å². The molecule has 1 aromatic rings. The van der Waals surface area contributed by atoms with Gasteiger partial charge in [0.15, 0.2) is 0 Å². The minimum Gasteiger partial charge on any atom is -0.395 e. The molecule has 1 heterocycles. The maximum atomic E-state index is 12.3. The maximum absolute atomic E-state index is 12.3. The van der Waals surface area contributed by atoms with E-state index in [1.807, 2.05) is 0 Å². The van der Waals surface area contributed by atoms with Gasteiger partial charge in [-0.3, -0.25) is 0 Å². The Balaban J connectivity index is 3.34. The Bertz CT molecular complexity index is 237. The third-order valence-electron chi connectivity index (χ3n) is 0.966. The summed E-state index contributed by atoms with van der Waals surface area (Å²) in [5, 5.41) is -0.0844. The van der Waals surface area contributed by atoms with Crippen LogP contribution in [0, 0.1) is 11.8 Å². The standard InChI is InChI=1S/C5H3ClF2N2/c6-2-1-10-5(8)3(7)4(2)9/h1H,(H2,9,10). The van der Waals surface area contributed by atoms with E-state index in [9.17, 15) is 8.78 Å². The number of nitrogens with two attached hydrogens (primary N) is 1. The van der Waals surface area contributed by atoms with Crippen molar-refractivity contribution >= 4 is 17.3 Å². The molecule has 2 nitrogen and oxygen atoms in total. The second-order valence-corrected chi connectivity index (χ2v) is 2.03. The van der Waals surface area contributed by atoms with Gasteiger partial charge in [-0.1, -0.05) is 11.6 Å². The van der Waals surface area contributed by atoms with Crippen molar-refractivity contribution in [2.45, 2.75) is 0 Å². The summed E-state index contributed by atoms with van der Waals surface area (Å²) in [6, 6.07) is 0. The van der Waals surface area contributed by atoms with Gasteiger partial charge in [0.1, 0.15) is 0 Å². The van der Waals surface area contributed by atoms with Crippen molar-refractivity contribution in [1.29, 1.82) is 0 Å². The average Bonchev–Trinajstić information content (AvgIpc) is 1.93. The zero-order chi connectivity index (χ0) is 7.72. The first-order valence-electron chi connectivity index (χ1n) is 2.38. The van der Waals surface area contributed by atoms with Gasteiger partial charge < -0.3 is 5.73 Å². The first-order chi connectivity index (χ1) is 4.63. The number of nitrogen functional groups attached to an aromatic ring is 1. The van der Waals surface area contributed by atoms with Crippen molar-refractivity contribution in [2.24, 2.45) is 0 Å². The average molecular weight is 165 g/mol. The van der Waals surface area contributed by atoms with E-state index in [0.29, 0.717) is 0 Å². The Kier molecular flexibility index (Phi) is 1.72. The summed E-state index contributed by atoms with van der Waals surface area (Å²) in [4.78, 5) is 2.99. The lowest BCUT2D eigenvalue weighted by molar-refractivity contribution is 0.482. The van der Waals surface area contributed by atoms with E-state index in [4.69, 9.17) is 17.3 Å². The van der Waals surface area contributed by atoms with Crippen molar-refractivity contribution in [3.05, 3.63) is 23.0 Å². The van der Waals surface area contributed by atoms with Crippen molar-refractivity contribution in [3.8, 4) is 0 Å². The highest BCUT2D eigenvalue weighted by Crippen LogP contribution is 2.20. The summed E-state index contributed by atoms with van der Waals surface area (Å²) >= 11 is 5.29. The van der Waals surface area contributed by atoms with Gasteiger partial charge in [-0.05, 0) is 0 Å². The van der Waals surface area contributed by atoms with Crippen LogP contribution in [0.4, 0.5) is 14.5 Å². The predicted octanol–water partition coefficient (Wildman–Crippen LogP) is 1.60. The molecule has 1 aromatic heterocycles. The number of rotatable bonds is 0.